The monoisotopic (exact) mass is 296 g/mol. The van der Waals surface area contributed by atoms with Gasteiger partial charge >= 0.3 is 0 Å². The average Bonchev–Trinajstić information content (AvgIpc) is 3.00. The van der Waals surface area contributed by atoms with Crippen LogP contribution in [0.3, 0.4) is 0 Å². The summed E-state index contributed by atoms with van der Waals surface area (Å²) in [6.07, 6.45) is 3.76. The summed E-state index contributed by atoms with van der Waals surface area (Å²) in [7, 11) is 0. The van der Waals surface area contributed by atoms with Crippen molar-refractivity contribution in [2.24, 2.45) is 0 Å². The number of amides is 1. The first-order chi connectivity index (χ1) is 10.6. The van der Waals surface area contributed by atoms with E-state index in [0.29, 0.717) is 0 Å². The molecule has 0 radical (unpaired) electrons. The number of rotatable bonds is 3. The Hall–Kier alpha value is -2.43. The largest absolute Gasteiger partial charge is 0.334 e. The van der Waals surface area contributed by atoms with E-state index in [1.54, 1.807) is 13.1 Å². The topological polar surface area (TPSA) is 58.1 Å². The zero-order valence-electron chi connectivity index (χ0n) is 12.9. The van der Waals surface area contributed by atoms with Crippen molar-refractivity contribution in [3.05, 3.63) is 47.8 Å². The number of pyridine rings is 2. The van der Waals surface area contributed by atoms with Crippen molar-refractivity contribution in [2.45, 2.75) is 32.7 Å². The van der Waals surface area contributed by atoms with E-state index in [0.717, 1.165) is 42.3 Å². The van der Waals surface area contributed by atoms with Gasteiger partial charge in [0, 0.05) is 19.7 Å². The Morgan fingerprint density at radius 3 is 2.95 bits per heavy atom. The lowest BCUT2D eigenvalue weighted by Gasteiger charge is -2.23. The third-order valence-electron chi connectivity index (χ3n) is 4.03. The Kier molecular flexibility index (Phi) is 4.04. The molecule has 1 fully saturated rings. The lowest BCUT2D eigenvalue weighted by molar-refractivity contribution is -0.129. The molecule has 1 aliphatic heterocycles. The third kappa shape index (κ3) is 2.93. The highest BCUT2D eigenvalue weighted by molar-refractivity contribution is 5.74. The van der Waals surface area contributed by atoms with Gasteiger partial charge in [0.1, 0.15) is 11.6 Å². The average molecular weight is 296 g/mol. The highest BCUT2D eigenvalue weighted by Gasteiger charge is 2.28. The van der Waals surface area contributed by atoms with Gasteiger partial charge < -0.3 is 10.2 Å². The van der Waals surface area contributed by atoms with Gasteiger partial charge in [-0.1, -0.05) is 12.1 Å². The Labute approximate surface area is 130 Å². The van der Waals surface area contributed by atoms with Crippen LogP contribution >= 0.6 is 0 Å². The number of carbonyl (C=O) groups excluding carboxylic acids is 1. The Balaban J connectivity index is 1.84. The minimum Gasteiger partial charge on any atom is -0.334 e. The van der Waals surface area contributed by atoms with Crippen LogP contribution in [0, 0.1) is 6.92 Å². The van der Waals surface area contributed by atoms with Crippen LogP contribution in [-0.4, -0.2) is 27.3 Å². The van der Waals surface area contributed by atoms with Crippen molar-refractivity contribution in [2.75, 3.05) is 11.9 Å². The highest BCUT2D eigenvalue weighted by Crippen LogP contribution is 2.31. The Morgan fingerprint density at radius 1 is 1.32 bits per heavy atom. The molecule has 2 aromatic heterocycles. The molecule has 1 amide bonds. The van der Waals surface area contributed by atoms with Gasteiger partial charge in [-0.25, -0.2) is 9.97 Å². The molecule has 2 aromatic rings. The summed E-state index contributed by atoms with van der Waals surface area (Å²) in [6.45, 7) is 4.45. The quantitative estimate of drug-likeness (QED) is 0.945. The fourth-order valence-electron chi connectivity index (χ4n) is 2.90. The van der Waals surface area contributed by atoms with Gasteiger partial charge in [0.2, 0.25) is 5.91 Å². The van der Waals surface area contributed by atoms with Crippen LogP contribution < -0.4 is 5.32 Å². The minimum atomic E-state index is 0.0871. The van der Waals surface area contributed by atoms with Crippen molar-refractivity contribution in [1.29, 1.82) is 0 Å². The van der Waals surface area contributed by atoms with E-state index in [-0.39, 0.29) is 11.9 Å². The van der Waals surface area contributed by atoms with E-state index in [9.17, 15) is 4.79 Å². The van der Waals surface area contributed by atoms with Crippen LogP contribution in [0.15, 0.2) is 36.5 Å². The van der Waals surface area contributed by atoms with E-state index >= 15 is 0 Å². The summed E-state index contributed by atoms with van der Waals surface area (Å²) in [6, 6.07) is 9.89. The summed E-state index contributed by atoms with van der Waals surface area (Å²) >= 11 is 0. The number of anilines is 2. The molecule has 1 aliphatic rings. The molecule has 0 spiro atoms. The number of nitrogens with zero attached hydrogens (tertiary/aromatic N) is 3. The zero-order valence-corrected chi connectivity index (χ0v) is 12.9. The van der Waals surface area contributed by atoms with Gasteiger partial charge in [-0.2, -0.15) is 0 Å². The molecule has 5 nitrogen and oxygen atoms in total. The lowest BCUT2D eigenvalue weighted by atomic mass is 10.1. The predicted octanol–water partition coefficient (Wildman–Crippen LogP) is 3.21. The molecule has 0 aliphatic carbocycles. The Morgan fingerprint density at radius 2 is 2.18 bits per heavy atom. The molecule has 3 heterocycles. The van der Waals surface area contributed by atoms with Crippen molar-refractivity contribution < 1.29 is 4.79 Å². The van der Waals surface area contributed by atoms with Crippen LogP contribution in [-0.2, 0) is 4.79 Å². The van der Waals surface area contributed by atoms with Crippen LogP contribution in [0.2, 0.25) is 0 Å². The third-order valence-corrected chi connectivity index (χ3v) is 4.03. The summed E-state index contributed by atoms with van der Waals surface area (Å²) in [5.74, 6) is 1.68. The molecule has 1 N–H and O–H groups in total. The number of carbonyl (C=O) groups is 1. The number of likely N-dealkylation sites (tertiary alicyclic amines) is 1. The molecule has 22 heavy (non-hydrogen) atoms. The first-order valence-corrected chi connectivity index (χ1v) is 7.58. The molecule has 0 unspecified atom stereocenters. The van der Waals surface area contributed by atoms with E-state index in [1.807, 2.05) is 42.2 Å². The van der Waals surface area contributed by atoms with Gasteiger partial charge in [0.25, 0.3) is 0 Å². The number of nitrogens with one attached hydrogen (secondary N) is 1. The molecular formula is C17H20N4O. The fourth-order valence-corrected chi connectivity index (χ4v) is 2.90. The zero-order chi connectivity index (χ0) is 15.5. The van der Waals surface area contributed by atoms with Crippen molar-refractivity contribution in [3.63, 3.8) is 0 Å². The van der Waals surface area contributed by atoms with E-state index < -0.39 is 0 Å². The SMILES string of the molecule is CC(=O)N1CCC[C@H]1c1cccc(Nc2ncccc2C)n1. The van der Waals surface area contributed by atoms with E-state index in [4.69, 9.17) is 0 Å². The standard InChI is InChI=1S/C17H20N4O/c1-12-6-4-10-18-17(12)20-16-9-3-7-14(19-16)15-8-5-11-21(15)13(2)22/h3-4,6-7,9-10,15H,5,8,11H2,1-2H3,(H,18,19,20)/t15-/m0/s1. The number of hydrogen-bond donors (Lipinski definition) is 1. The number of aromatic nitrogens is 2. The van der Waals surface area contributed by atoms with Crippen molar-refractivity contribution >= 4 is 17.5 Å². The Bertz CT molecular complexity index is 686. The highest BCUT2D eigenvalue weighted by atomic mass is 16.2. The molecule has 5 heteroatoms. The summed E-state index contributed by atoms with van der Waals surface area (Å²) in [4.78, 5) is 22.6. The molecular weight excluding hydrogens is 276 g/mol. The summed E-state index contributed by atoms with van der Waals surface area (Å²) in [5, 5.41) is 3.25. The van der Waals surface area contributed by atoms with E-state index in [1.165, 1.54) is 0 Å². The van der Waals surface area contributed by atoms with Gasteiger partial charge in [-0.3, -0.25) is 4.79 Å². The van der Waals surface area contributed by atoms with Crippen molar-refractivity contribution in [3.8, 4) is 0 Å². The smallest absolute Gasteiger partial charge is 0.220 e. The van der Waals surface area contributed by atoms with Crippen LogP contribution in [0.4, 0.5) is 11.6 Å². The second-order valence-corrected chi connectivity index (χ2v) is 5.61. The molecule has 114 valence electrons. The van der Waals surface area contributed by atoms with Crippen molar-refractivity contribution in [1.82, 2.24) is 14.9 Å². The number of aryl methyl sites for hydroxylation is 1. The van der Waals surface area contributed by atoms with Gasteiger partial charge in [-0.05, 0) is 43.5 Å². The summed E-state index contributed by atoms with van der Waals surface area (Å²) in [5.41, 5.74) is 2.01. The van der Waals surface area contributed by atoms with Gasteiger partial charge in [-0.15, -0.1) is 0 Å². The fraction of sp³-hybridized carbons (Fsp3) is 0.353. The van der Waals surface area contributed by atoms with Gasteiger partial charge in [0.05, 0.1) is 11.7 Å². The first kappa shape index (κ1) is 14.5. The van der Waals surface area contributed by atoms with Crippen LogP contribution in [0.1, 0.15) is 37.1 Å². The molecule has 3 rings (SSSR count). The molecule has 0 aromatic carbocycles. The normalized spacial score (nSPS) is 17.5. The number of hydrogen-bond acceptors (Lipinski definition) is 4. The molecule has 1 atom stereocenters. The maximum atomic E-state index is 11.7. The molecule has 1 saturated heterocycles. The second-order valence-electron chi connectivity index (χ2n) is 5.61. The predicted molar refractivity (Wildman–Crippen MR) is 85.9 cm³/mol. The van der Waals surface area contributed by atoms with Crippen LogP contribution in [0.5, 0.6) is 0 Å². The van der Waals surface area contributed by atoms with E-state index in [2.05, 4.69) is 15.3 Å². The molecule has 0 saturated carbocycles. The maximum absolute atomic E-state index is 11.7. The minimum absolute atomic E-state index is 0.0871. The molecule has 0 bridgehead atoms. The van der Waals surface area contributed by atoms with Gasteiger partial charge in [0.15, 0.2) is 0 Å². The maximum Gasteiger partial charge on any atom is 0.220 e. The summed E-state index contributed by atoms with van der Waals surface area (Å²) < 4.78 is 0. The van der Waals surface area contributed by atoms with Crippen LogP contribution in [0.25, 0.3) is 0 Å². The first-order valence-electron chi connectivity index (χ1n) is 7.58. The second kappa shape index (κ2) is 6.13. The lowest BCUT2D eigenvalue weighted by Crippen LogP contribution is -2.28.